The molecule has 0 radical (unpaired) electrons. The normalized spacial score (nSPS) is 9.65. The second-order valence-corrected chi connectivity index (χ2v) is 4.45. The summed E-state index contributed by atoms with van der Waals surface area (Å²) in [5.74, 6) is 1.77. The van der Waals surface area contributed by atoms with Gasteiger partial charge in [-0.25, -0.2) is 0 Å². The Hall–Kier alpha value is -2.05. The summed E-state index contributed by atoms with van der Waals surface area (Å²) in [5.41, 5.74) is 1.97. The van der Waals surface area contributed by atoms with Crippen molar-refractivity contribution in [1.82, 2.24) is 0 Å². The van der Waals surface area contributed by atoms with E-state index in [4.69, 9.17) is 6.42 Å². The van der Waals surface area contributed by atoms with Crippen LogP contribution in [0.1, 0.15) is 0 Å². The van der Waals surface area contributed by atoms with Gasteiger partial charge in [0.05, 0.1) is 5.69 Å². The highest BCUT2D eigenvalue weighted by Crippen LogP contribution is 2.31. The van der Waals surface area contributed by atoms with Crippen molar-refractivity contribution in [3.63, 3.8) is 0 Å². The van der Waals surface area contributed by atoms with Gasteiger partial charge in [0.1, 0.15) is 0 Å². The van der Waals surface area contributed by atoms with E-state index in [0.717, 1.165) is 16.1 Å². The summed E-state index contributed by atoms with van der Waals surface area (Å²) in [4.78, 5) is 14.0. The van der Waals surface area contributed by atoms with Crippen molar-refractivity contribution >= 4 is 22.9 Å². The Bertz CT molecular complexity index is 565. The number of rotatable bonds is 2. The second-order valence-electron chi connectivity index (χ2n) is 3.54. The third kappa shape index (κ3) is 2.38. The number of anilines is 1. The van der Waals surface area contributed by atoms with Crippen LogP contribution in [0, 0.1) is 12.3 Å². The molecule has 1 amide bonds. The molecule has 0 N–H and O–H groups in total. The van der Waals surface area contributed by atoms with E-state index in [1.807, 2.05) is 41.8 Å². The first-order valence-corrected chi connectivity index (χ1v) is 5.98. The molecule has 17 heavy (non-hydrogen) atoms. The number of thiophene rings is 1. The zero-order valence-electron chi connectivity index (χ0n) is 9.38. The molecule has 0 saturated carbocycles. The lowest BCUT2D eigenvalue weighted by Gasteiger charge is -2.10. The van der Waals surface area contributed by atoms with Gasteiger partial charge in [0.15, 0.2) is 0 Å². The van der Waals surface area contributed by atoms with Crippen molar-refractivity contribution in [2.45, 2.75) is 0 Å². The summed E-state index contributed by atoms with van der Waals surface area (Å²) in [7, 11) is 1.68. The summed E-state index contributed by atoms with van der Waals surface area (Å²) in [6.07, 6.45) is 5.09. The predicted molar refractivity (Wildman–Crippen MR) is 72.0 cm³/mol. The second kappa shape index (κ2) is 4.86. The average Bonchev–Trinajstić information content (AvgIpc) is 2.87. The van der Waals surface area contributed by atoms with E-state index in [0.29, 0.717) is 0 Å². The molecular formula is C14H11NOS. The highest BCUT2D eigenvalue weighted by molar-refractivity contribution is 7.14. The van der Waals surface area contributed by atoms with E-state index in [-0.39, 0.29) is 5.91 Å². The summed E-state index contributed by atoms with van der Waals surface area (Å²) in [5, 5.41) is 1.93. The number of hydrogen-bond acceptors (Lipinski definition) is 2. The van der Waals surface area contributed by atoms with Crippen LogP contribution in [0.4, 0.5) is 5.69 Å². The molecule has 1 heterocycles. The molecule has 2 rings (SSSR count). The number of hydrogen-bond donors (Lipinski definition) is 0. The summed E-state index contributed by atoms with van der Waals surface area (Å²) >= 11 is 1.60. The van der Waals surface area contributed by atoms with Crippen LogP contribution >= 0.6 is 11.3 Å². The number of amides is 1. The molecule has 0 spiro atoms. The van der Waals surface area contributed by atoms with Crippen LogP contribution in [-0.4, -0.2) is 13.0 Å². The fraction of sp³-hybridized carbons (Fsp3) is 0.0714. The van der Waals surface area contributed by atoms with Crippen LogP contribution in [-0.2, 0) is 4.79 Å². The van der Waals surface area contributed by atoms with Crippen molar-refractivity contribution in [3.05, 3.63) is 41.8 Å². The van der Waals surface area contributed by atoms with Crippen molar-refractivity contribution in [2.75, 3.05) is 11.9 Å². The lowest BCUT2D eigenvalue weighted by Crippen LogP contribution is -2.23. The van der Waals surface area contributed by atoms with Crippen LogP contribution < -0.4 is 4.90 Å². The van der Waals surface area contributed by atoms with Gasteiger partial charge in [-0.2, -0.15) is 0 Å². The highest BCUT2D eigenvalue weighted by atomic mass is 32.1. The average molecular weight is 241 g/mol. The molecule has 84 valence electrons. The Kier molecular flexibility index (Phi) is 3.27. The van der Waals surface area contributed by atoms with Gasteiger partial charge in [-0.15, -0.1) is 17.8 Å². The van der Waals surface area contributed by atoms with E-state index in [1.54, 1.807) is 18.4 Å². The zero-order chi connectivity index (χ0) is 12.3. The van der Waals surface area contributed by atoms with Crippen molar-refractivity contribution in [3.8, 4) is 22.8 Å². The van der Waals surface area contributed by atoms with Gasteiger partial charge in [0.25, 0.3) is 0 Å². The summed E-state index contributed by atoms with van der Waals surface area (Å²) < 4.78 is 0. The number of carbonyl (C=O) groups excluding carboxylic acids is 1. The molecule has 2 aromatic rings. The van der Waals surface area contributed by atoms with Crippen molar-refractivity contribution < 1.29 is 4.79 Å². The molecule has 0 fully saturated rings. The number of benzene rings is 1. The minimum absolute atomic E-state index is 0.331. The maximum Gasteiger partial charge on any atom is 0.302 e. The molecule has 3 heteroatoms. The quantitative estimate of drug-likeness (QED) is 0.740. The Labute approximate surface area is 105 Å². The maximum absolute atomic E-state index is 11.4. The first kappa shape index (κ1) is 11.4. The molecule has 0 bridgehead atoms. The van der Waals surface area contributed by atoms with E-state index in [9.17, 15) is 4.79 Å². The number of carbonyl (C=O) groups is 1. The van der Waals surface area contributed by atoms with Gasteiger partial charge in [-0.1, -0.05) is 30.3 Å². The molecule has 0 atom stereocenters. The van der Waals surface area contributed by atoms with E-state index in [1.165, 1.54) is 4.90 Å². The Morgan fingerprint density at radius 3 is 2.71 bits per heavy atom. The number of terminal acetylenes is 1. The first-order valence-electron chi connectivity index (χ1n) is 5.10. The maximum atomic E-state index is 11.4. The monoisotopic (exact) mass is 241 g/mol. The third-order valence-electron chi connectivity index (χ3n) is 2.46. The predicted octanol–water partition coefficient (Wildman–Crippen LogP) is 3.01. The fourth-order valence-corrected chi connectivity index (χ4v) is 2.40. The van der Waals surface area contributed by atoms with Crippen molar-refractivity contribution in [1.29, 1.82) is 0 Å². The molecule has 0 saturated heterocycles. The van der Waals surface area contributed by atoms with Crippen LogP contribution in [0.25, 0.3) is 10.4 Å². The van der Waals surface area contributed by atoms with E-state index >= 15 is 0 Å². The Morgan fingerprint density at radius 1 is 1.35 bits per heavy atom. The van der Waals surface area contributed by atoms with Crippen LogP contribution in [0.5, 0.6) is 0 Å². The standard InChI is InChI=1S/C14H11NOS/c1-3-14(16)15(2)12-9-13(17-10-12)11-7-5-4-6-8-11/h1,4-10H,2H3. The first-order chi connectivity index (χ1) is 8.22. The fourth-order valence-electron chi connectivity index (χ4n) is 1.47. The lowest BCUT2D eigenvalue weighted by atomic mass is 10.2. The van der Waals surface area contributed by atoms with Gasteiger partial charge in [-0.05, 0) is 17.6 Å². The lowest BCUT2D eigenvalue weighted by molar-refractivity contribution is -0.113. The van der Waals surface area contributed by atoms with Gasteiger partial charge >= 0.3 is 5.91 Å². The SMILES string of the molecule is C#CC(=O)N(C)c1csc(-c2ccccc2)c1. The van der Waals surface area contributed by atoms with Gasteiger partial charge < -0.3 is 4.90 Å². The van der Waals surface area contributed by atoms with Gasteiger partial charge in [0.2, 0.25) is 0 Å². The molecule has 0 aliphatic heterocycles. The molecule has 0 aliphatic rings. The third-order valence-corrected chi connectivity index (χ3v) is 3.43. The van der Waals surface area contributed by atoms with Crippen molar-refractivity contribution in [2.24, 2.45) is 0 Å². The Morgan fingerprint density at radius 2 is 2.06 bits per heavy atom. The zero-order valence-corrected chi connectivity index (χ0v) is 10.2. The van der Waals surface area contributed by atoms with Crippen LogP contribution in [0.3, 0.4) is 0 Å². The Balaban J connectivity index is 2.29. The smallest absolute Gasteiger partial charge is 0.302 e. The topological polar surface area (TPSA) is 20.3 Å². The van der Waals surface area contributed by atoms with Gasteiger partial charge in [-0.3, -0.25) is 4.79 Å². The van der Waals surface area contributed by atoms with E-state index < -0.39 is 0 Å². The van der Waals surface area contributed by atoms with E-state index in [2.05, 4.69) is 5.92 Å². The molecule has 1 aromatic heterocycles. The minimum Gasteiger partial charge on any atom is -0.304 e. The minimum atomic E-state index is -0.331. The largest absolute Gasteiger partial charge is 0.304 e. The van der Waals surface area contributed by atoms with Gasteiger partial charge in [0, 0.05) is 17.3 Å². The molecule has 0 aliphatic carbocycles. The van der Waals surface area contributed by atoms with Crippen LogP contribution in [0.2, 0.25) is 0 Å². The summed E-state index contributed by atoms with van der Waals surface area (Å²) in [6, 6.07) is 12.0. The number of nitrogens with zero attached hydrogens (tertiary/aromatic N) is 1. The highest BCUT2D eigenvalue weighted by Gasteiger charge is 2.10. The van der Waals surface area contributed by atoms with Crippen LogP contribution in [0.15, 0.2) is 41.8 Å². The molecule has 1 aromatic carbocycles. The molecule has 0 unspecified atom stereocenters. The summed E-state index contributed by atoms with van der Waals surface area (Å²) in [6.45, 7) is 0. The molecular weight excluding hydrogens is 230 g/mol. The molecule has 2 nitrogen and oxygen atoms in total.